The van der Waals surface area contributed by atoms with Crippen LogP contribution in [0.3, 0.4) is 0 Å². The van der Waals surface area contributed by atoms with Crippen molar-refractivity contribution in [2.24, 2.45) is 0 Å². The zero-order valence-electron chi connectivity index (χ0n) is 10.7. The van der Waals surface area contributed by atoms with Gasteiger partial charge >= 0.3 is 0 Å². The van der Waals surface area contributed by atoms with Crippen molar-refractivity contribution in [3.63, 3.8) is 0 Å². The number of morpholine rings is 1. The summed E-state index contributed by atoms with van der Waals surface area (Å²) < 4.78 is 6.74. The highest BCUT2D eigenvalue weighted by atomic mass is 79.9. The summed E-state index contributed by atoms with van der Waals surface area (Å²) in [7, 11) is 0. The lowest BCUT2D eigenvalue weighted by Crippen LogP contribution is -2.45. The molecule has 1 heterocycles. The number of nitrogens with zero attached hydrogens (tertiary/aromatic N) is 1. The number of halogens is 1. The van der Waals surface area contributed by atoms with Crippen LogP contribution >= 0.6 is 15.9 Å². The smallest absolute Gasteiger partial charge is 0.0874 e. The zero-order chi connectivity index (χ0) is 13.0. The third-order valence-electron chi connectivity index (χ3n) is 3.18. The molecule has 1 fully saturated rings. The summed E-state index contributed by atoms with van der Waals surface area (Å²) in [5.74, 6) is 0. The molecule has 1 aromatic rings. The Labute approximate surface area is 117 Å². The van der Waals surface area contributed by atoms with Gasteiger partial charge in [0, 0.05) is 35.5 Å². The molecule has 1 aromatic carbocycles. The third kappa shape index (κ3) is 3.60. The van der Waals surface area contributed by atoms with E-state index in [2.05, 4.69) is 33.1 Å². The lowest BCUT2D eigenvalue weighted by Gasteiger charge is -2.32. The second-order valence-corrected chi connectivity index (χ2v) is 5.36. The van der Waals surface area contributed by atoms with Gasteiger partial charge in [-0.1, -0.05) is 6.92 Å². The summed E-state index contributed by atoms with van der Waals surface area (Å²) in [6.45, 7) is 6.95. The van der Waals surface area contributed by atoms with Crippen LogP contribution in [0.25, 0.3) is 0 Å². The van der Waals surface area contributed by atoms with Crippen molar-refractivity contribution in [2.75, 3.05) is 43.8 Å². The van der Waals surface area contributed by atoms with Crippen LogP contribution < -0.4 is 11.1 Å². The van der Waals surface area contributed by atoms with Gasteiger partial charge in [-0.05, 0) is 40.7 Å². The fourth-order valence-electron chi connectivity index (χ4n) is 2.09. The minimum Gasteiger partial charge on any atom is -0.399 e. The Morgan fingerprint density at radius 3 is 3.11 bits per heavy atom. The summed E-state index contributed by atoms with van der Waals surface area (Å²) >= 11 is 3.50. The topological polar surface area (TPSA) is 50.5 Å². The number of nitrogens with two attached hydrogens (primary N) is 1. The Kier molecular flexibility index (Phi) is 4.86. The highest BCUT2D eigenvalue weighted by Gasteiger charge is 2.18. The molecule has 2 rings (SSSR count). The minimum atomic E-state index is 0.253. The van der Waals surface area contributed by atoms with Crippen molar-refractivity contribution < 1.29 is 4.74 Å². The standard InChI is InChI=1S/C13H20BrN3O/c1-2-17-5-6-18-11(9-17)8-16-13-4-3-10(15)7-12(13)14/h3-4,7,11,16H,2,5-6,8-9,15H2,1H3. The van der Waals surface area contributed by atoms with E-state index in [1.807, 2.05) is 18.2 Å². The molecule has 0 amide bonds. The molecule has 1 aliphatic rings. The van der Waals surface area contributed by atoms with E-state index in [4.69, 9.17) is 10.5 Å². The number of hydrogen-bond acceptors (Lipinski definition) is 4. The Hall–Kier alpha value is -0.780. The molecule has 3 N–H and O–H groups in total. The second-order valence-electron chi connectivity index (χ2n) is 4.51. The molecule has 100 valence electrons. The van der Waals surface area contributed by atoms with Gasteiger partial charge in [-0.25, -0.2) is 0 Å². The van der Waals surface area contributed by atoms with Crippen molar-refractivity contribution >= 4 is 27.3 Å². The first kappa shape index (κ1) is 13.6. The molecule has 4 nitrogen and oxygen atoms in total. The Bertz CT molecular complexity index is 400. The average molecular weight is 314 g/mol. The fourth-order valence-corrected chi connectivity index (χ4v) is 2.63. The predicted molar refractivity (Wildman–Crippen MR) is 78.9 cm³/mol. The predicted octanol–water partition coefficient (Wildman–Crippen LogP) is 2.16. The summed E-state index contributed by atoms with van der Waals surface area (Å²) in [4.78, 5) is 2.41. The maximum absolute atomic E-state index is 5.75. The van der Waals surface area contributed by atoms with Gasteiger partial charge in [0.1, 0.15) is 0 Å². The van der Waals surface area contributed by atoms with E-state index >= 15 is 0 Å². The first-order valence-electron chi connectivity index (χ1n) is 6.32. The molecule has 0 radical (unpaired) electrons. The number of nitrogen functional groups attached to an aromatic ring is 1. The normalized spacial score (nSPS) is 20.9. The number of benzene rings is 1. The first-order valence-corrected chi connectivity index (χ1v) is 7.11. The molecule has 1 saturated heterocycles. The maximum atomic E-state index is 5.75. The molecule has 1 unspecified atom stereocenters. The van der Waals surface area contributed by atoms with Gasteiger partial charge in [-0.2, -0.15) is 0 Å². The van der Waals surface area contributed by atoms with Crippen molar-refractivity contribution in [1.82, 2.24) is 4.90 Å². The third-order valence-corrected chi connectivity index (χ3v) is 3.84. The lowest BCUT2D eigenvalue weighted by atomic mass is 10.2. The first-order chi connectivity index (χ1) is 8.69. The van der Waals surface area contributed by atoms with Gasteiger partial charge in [0.25, 0.3) is 0 Å². The van der Waals surface area contributed by atoms with Gasteiger partial charge in [0.2, 0.25) is 0 Å². The SMILES string of the molecule is CCN1CCOC(CNc2ccc(N)cc2Br)C1. The summed E-state index contributed by atoms with van der Waals surface area (Å²) in [6, 6.07) is 5.79. The van der Waals surface area contributed by atoms with Crippen LogP contribution in [0.15, 0.2) is 22.7 Å². The van der Waals surface area contributed by atoms with Crippen molar-refractivity contribution in [3.8, 4) is 0 Å². The van der Waals surface area contributed by atoms with Gasteiger partial charge < -0.3 is 15.8 Å². The number of rotatable bonds is 4. The Morgan fingerprint density at radius 1 is 1.56 bits per heavy atom. The zero-order valence-corrected chi connectivity index (χ0v) is 12.2. The molecule has 0 saturated carbocycles. The molecule has 0 aromatic heterocycles. The minimum absolute atomic E-state index is 0.253. The second kappa shape index (κ2) is 6.41. The van der Waals surface area contributed by atoms with E-state index in [0.717, 1.165) is 48.6 Å². The van der Waals surface area contributed by atoms with Crippen LogP contribution in [-0.2, 0) is 4.74 Å². The van der Waals surface area contributed by atoms with Crippen molar-refractivity contribution in [2.45, 2.75) is 13.0 Å². The number of likely N-dealkylation sites (N-methyl/N-ethyl adjacent to an activating group) is 1. The molecular weight excluding hydrogens is 294 g/mol. The van der Waals surface area contributed by atoms with Crippen LogP contribution in [0.5, 0.6) is 0 Å². The van der Waals surface area contributed by atoms with E-state index in [1.54, 1.807) is 0 Å². The average Bonchev–Trinajstić information content (AvgIpc) is 2.38. The van der Waals surface area contributed by atoms with Gasteiger partial charge in [-0.15, -0.1) is 0 Å². The van der Waals surface area contributed by atoms with E-state index in [9.17, 15) is 0 Å². The lowest BCUT2D eigenvalue weighted by molar-refractivity contribution is -0.0191. The van der Waals surface area contributed by atoms with Crippen molar-refractivity contribution in [3.05, 3.63) is 22.7 Å². The highest BCUT2D eigenvalue weighted by Crippen LogP contribution is 2.24. The molecule has 18 heavy (non-hydrogen) atoms. The van der Waals surface area contributed by atoms with E-state index < -0.39 is 0 Å². The molecular formula is C13H20BrN3O. The number of nitrogens with one attached hydrogen (secondary N) is 1. The van der Waals surface area contributed by atoms with Gasteiger partial charge in [0.15, 0.2) is 0 Å². The summed E-state index contributed by atoms with van der Waals surface area (Å²) in [6.07, 6.45) is 0.253. The highest BCUT2D eigenvalue weighted by molar-refractivity contribution is 9.10. The Balaban J connectivity index is 1.87. The molecule has 0 aliphatic carbocycles. The van der Waals surface area contributed by atoms with Crippen molar-refractivity contribution in [1.29, 1.82) is 0 Å². The molecule has 5 heteroatoms. The van der Waals surface area contributed by atoms with E-state index in [0.29, 0.717) is 0 Å². The fraction of sp³-hybridized carbons (Fsp3) is 0.538. The molecule has 1 atom stereocenters. The van der Waals surface area contributed by atoms with Crippen LogP contribution in [0.2, 0.25) is 0 Å². The van der Waals surface area contributed by atoms with Crippen LogP contribution in [0, 0.1) is 0 Å². The number of anilines is 2. The maximum Gasteiger partial charge on any atom is 0.0874 e. The number of hydrogen-bond donors (Lipinski definition) is 2. The summed E-state index contributed by atoms with van der Waals surface area (Å²) in [5.41, 5.74) is 7.53. The largest absolute Gasteiger partial charge is 0.399 e. The van der Waals surface area contributed by atoms with Crippen LogP contribution in [0.1, 0.15) is 6.92 Å². The molecule has 0 bridgehead atoms. The van der Waals surface area contributed by atoms with Crippen LogP contribution in [0.4, 0.5) is 11.4 Å². The summed E-state index contributed by atoms with van der Waals surface area (Å²) in [5, 5.41) is 3.40. The molecule has 1 aliphatic heterocycles. The quantitative estimate of drug-likeness (QED) is 0.836. The van der Waals surface area contributed by atoms with E-state index in [1.165, 1.54) is 0 Å². The van der Waals surface area contributed by atoms with E-state index in [-0.39, 0.29) is 6.10 Å². The van der Waals surface area contributed by atoms with Crippen LogP contribution in [-0.4, -0.2) is 43.8 Å². The van der Waals surface area contributed by atoms with Gasteiger partial charge in [-0.3, -0.25) is 4.90 Å². The molecule has 0 spiro atoms. The Morgan fingerprint density at radius 2 is 2.39 bits per heavy atom. The monoisotopic (exact) mass is 313 g/mol. The number of ether oxygens (including phenoxy) is 1. The van der Waals surface area contributed by atoms with Gasteiger partial charge in [0.05, 0.1) is 12.7 Å².